The summed E-state index contributed by atoms with van der Waals surface area (Å²) in [5, 5.41) is 12.4. The summed E-state index contributed by atoms with van der Waals surface area (Å²) in [6.07, 6.45) is 1.95. The van der Waals surface area contributed by atoms with E-state index in [2.05, 4.69) is 50.1 Å². The van der Waals surface area contributed by atoms with E-state index >= 15 is 0 Å². The van der Waals surface area contributed by atoms with E-state index in [-0.39, 0.29) is 11.3 Å². The molecule has 3 heteroatoms. The van der Waals surface area contributed by atoms with Gasteiger partial charge in [0.15, 0.2) is 0 Å². The summed E-state index contributed by atoms with van der Waals surface area (Å²) in [5.41, 5.74) is 1.29. The van der Waals surface area contributed by atoms with Gasteiger partial charge in [0.2, 0.25) is 0 Å². The van der Waals surface area contributed by atoms with Crippen LogP contribution in [0.15, 0.2) is 18.3 Å². The van der Waals surface area contributed by atoms with Crippen LogP contribution in [0.4, 0.5) is 0 Å². The van der Waals surface area contributed by atoms with Crippen LogP contribution in [-0.4, -0.2) is 18.1 Å². The molecule has 1 atom stereocenters. The molecule has 94 valence electrons. The zero-order chi connectivity index (χ0) is 12.9. The fraction of sp³-hybridized carbons (Fsp3) is 0.643. The standard InChI is InChI=1S/C14H23N3/c1-11(2)12(8-15)9-16-10-14(3,4)13-6-5-7-17-13/h5-7,11-12,16-17H,9-10H2,1-4H3. The molecule has 1 rings (SSSR count). The third-order valence-corrected chi connectivity index (χ3v) is 3.23. The lowest BCUT2D eigenvalue weighted by Gasteiger charge is -2.25. The molecule has 17 heavy (non-hydrogen) atoms. The van der Waals surface area contributed by atoms with Crippen LogP contribution < -0.4 is 5.32 Å². The fourth-order valence-electron chi connectivity index (χ4n) is 1.82. The van der Waals surface area contributed by atoms with Crippen LogP contribution >= 0.6 is 0 Å². The van der Waals surface area contributed by atoms with Crippen molar-refractivity contribution in [2.75, 3.05) is 13.1 Å². The van der Waals surface area contributed by atoms with Crippen LogP contribution in [0.3, 0.4) is 0 Å². The molecule has 0 aliphatic heterocycles. The van der Waals surface area contributed by atoms with Gasteiger partial charge in [-0.15, -0.1) is 0 Å². The van der Waals surface area contributed by atoms with Crippen molar-refractivity contribution in [3.05, 3.63) is 24.0 Å². The summed E-state index contributed by atoms with van der Waals surface area (Å²) in [6, 6.07) is 6.47. The van der Waals surface area contributed by atoms with Gasteiger partial charge in [-0.05, 0) is 18.1 Å². The van der Waals surface area contributed by atoms with Crippen LogP contribution in [0.5, 0.6) is 0 Å². The van der Waals surface area contributed by atoms with Gasteiger partial charge in [-0.1, -0.05) is 27.7 Å². The average molecular weight is 233 g/mol. The maximum atomic E-state index is 9.01. The maximum Gasteiger partial charge on any atom is 0.0671 e. The Bertz CT molecular complexity index is 357. The van der Waals surface area contributed by atoms with Gasteiger partial charge in [-0.3, -0.25) is 0 Å². The summed E-state index contributed by atoms with van der Waals surface area (Å²) >= 11 is 0. The molecule has 0 aromatic carbocycles. The van der Waals surface area contributed by atoms with Crippen LogP contribution in [0.1, 0.15) is 33.4 Å². The first-order chi connectivity index (χ1) is 7.97. The van der Waals surface area contributed by atoms with E-state index in [1.54, 1.807) is 0 Å². The van der Waals surface area contributed by atoms with Crippen molar-refractivity contribution in [3.63, 3.8) is 0 Å². The van der Waals surface area contributed by atoms with Crippen molar-refractivity contribution in [1.29, 1.82) is 5.26 Å². The molecule has 1 unspecified atom stereocenters. The lowest BCUT2D eigenvalue weighted by Crippen LogP contribution is -2.36. The molecule has 0 aliphatic carbocycles. The molecule has 1 heterocycles. The summed E-state index contributed by atoms with van der Waals surface area (Å²) in [4.78, 5) is 3.25. The number of nitrogens with zero attached hydrogens (tertiary/aromatic N) is 1. The summed E-state index contributed by atoms with van der Waals surface area (Å²) in [7, 11) is 0. The normalized spacial score (nSPS) is 13.6. The molecule has 1 aromatic rings. The summed E-state index contributed by atoms with van der Waals surface area (Å²) in [6.45, 7) is 10.2. The van der Waals surface area contributed by atoms with E-state index in [0.717, 1.165) is 13.1 Å². The number of nitriles is 1. The molecule has 0 saturated heterocycles. The van der Waals surface area contributed by atoms with E-state index in [0.29, 0.717) is 5.92 Å². The zero-order valence-corrected chi connectivity index (χ0v) is 11.2. The van der Waals surface area contributed by atoms with Crippen molar-refractivity contribution in [2.45, 2.75) is 33.1 Å². The van der Waals surface area contributed by atoms with E-state index in [1.165, 1.54) is 5.69 Å². The number of hydrogen-bond acceptors (Lipinski definition) is 2. The molecule has 3 nitrogen and oxygen atoms in total. The van der Waals surface area contributed by atoms with Crippen LogP contribution in [0.25, 0.3) is 0 Å². The maximum absolute atomic E-state index is 9.01. The van der Waals surface area contributed by atoms with Gasteiger partial charge < -0.3 is 10.3 Å². The van der Waals surface area contributed by atoms with E-state index in [1.807, 2.05) is 12.3 Å². The van der Waals surface area contributed by atoms with Crippen molar-refractivity contribution >= 4 is 0 Å². The first-order valence-electron chi connectivity index (χ1n) is 6.21. The van der Waals surface area contributed by atoms with Gasteiger partial charge in [0.1, 0.15) is 0 Å². The number of hydrogen-bond donors (Lipinski definition) is 2. The highest BCUT2D eigenvalue weighted by molar-refractivity contribution is 5.15. The Kier molecular flexibility index (Phi) is 4.77. The molecule has 0 fully saturated rings. The van der Waals surface area contributed by atoms with Crippen molar-refractivity contribution in [1.82, 2.24) is 10.3 Å². The third-order valence-electron chi connectivity index (χ3n) is 3.23. The summed E-state index contributed by atoms with van der Waals surface area (Å²) < 4.78 is 0. The van der Waals surface area contributed by atoms with Gasteiger partial charge in [-0.25, -0.2) is 0 Å². The molecule has 0 amide bonds. The molecule has 0 spiro atoms. The van der Waals surface area contributed by atoms with E-state index in [9.17, 15) is 0 Å². The topological polar surface area (TPSA) is 51.6 Å². The highest BCUT2D eigenvalue weighted by Gasteiger charge is 2.22. The van der Waals surface area contributed by atoms with Gasteiger partial charge in [0.05, 0.1) is 12.0 Å². The van der Waals surface area contributed by atoms with E-state index in [4.69, 9.17) is 5.26 Å². The number of H-pyrrole nitrogens is 1. The van der Waals surface area contributed by atoms with Crippen molar-refractivity contribution in [3.8, 4) is 6.07 Å². The first-order valence-corrected chi connectivity index (χ1v) is 6.21. The fourth-order valence-corrected chi connectivity index (χ4v) is 1.82. The number of aromatic nitrogens is 1. The van der Waals surface area contributed by atoms with Gasteiger partial charge in [0.25, 0.3) is 0 Å². The Balaban J connectivity index is 2.44. The molecule has 0 saturated carbocycles. The minimum Gasteiger partial charge on any atom is -0.365 e. The molecule has 0 radical (unpaired) electrons. The molecule has 1 aromatic heterocycles. The largest absolute Gasteiger partial charge is 0.365 e. The second-order valence-corrected chi connectivity index (χ2v) is 5.58. The Hall–Kier alpha value is -1.27. The van der Waals surface area contributed by atoms with Gasteiger partial charge in [0, 0.05) is 30.4 Å². The number of aromatic amines is 1. The quantitative estimate of drug-likeness (QED) is 0.793. The summed E-state index contributed by atoms with van der Waals surface area (Å²) in [5.74, 6) is 0.496. The van der Waals surface area contributed by atoms with Crippen LogP contribution in [0, 0.1) is 23.2 Å². The predicted octanol–water partition coefficient (Wildman–Crippen LogP) is 2.68. The second-order valence-electron chi connectivity index (χ2n) is 5.58. The Labute approximate surface area is 104 Å². The minimum absolute atomic E-state index is 0.0699. The lowest BCUT2D eigenvalue weighted by atomic mass is 9.89. The van der Waals surface area contributed by atoms with Crippen LogP contribution in [-0.2, 0) is 5.41 Å². The number of nitrogens with one attached hydrogen (secondary N) is 2. The molecule has 0 bridgehead atoms. The lowest BCUT2D eigenvalue weighted by molar-refractivity contribution is 0.399. The Morgan fingerprint density at radius 2 is 2.18 bits per heavy atom. The van der Waals surface area contributed by atoms with Crippen LogP contribution in [0.2, 0.25) is 0 Å². The van der Waals surface area contributed by atoms with Crippen molar-refractivity contribution < 1.29 is 0 Å². The Morgan fingerprint density at radius 1 is 1.47 bits per heavy atom. The highest BCUT2D eigenvalue weighted by Crippen LogP contribution is 2.20. The van der Waals surface area contributed by atoms with Gasteiger partial charge >= 0.3 is 0 Å². The highest BCUT2D eigenvalue weighted by atomic mass is 14.9. The molecular weight excluding hydrogens is 210 g/mol. The average Bonchev–Trinajstić information content (AvgIpc) is 2.77. The smallest absolute Gasteiger partial charge is 0.0671 e. The third kappa shape index (κ3) is 3.90. The zero-order valence-electron chi connectivity index (χ0n) is 11.2. The number of rotatable bonds is 6. The molecular formula is C14H23N3. The van der Waals surface area contributed by atoms with E-state index < -0.39 is 0 Å². The molecule has 2 N–H and O–H groups in total. The predicted molar refractivity (Wildman–Crippen MR) is 70.6 cm³/mol. The SMILES string of the molecule is CC(C)C(C#N)CNCC(C)(C)c1ccc[nH]1. The van der Waals surface area contributed by atoms with Crippen molar-refractivity contribution in [2.24, 2.45) is 11.8 Å². The Morgan fingerprint density at radius 3 is 2.65 bits per heavy atom. The molecule has 0 aliphatic rings. The minimum atomic E-state index is 0.0699. The monoisotopic (exact) mass is 233 g/mol. The first kappa shape index (κ1) is 13.8. The second kappa shape index (κ2) is 5.88. The van der Waals surface area contributed by atoms with Gasteiger partial charge in [-0.2, -0.15) is 5.26 Å².